The largest absolute Gasteiger partial charge is 0.316 e. The van der Waals surface area contributed by atoms with Crippen molar-refractivity contribution in [3.63, 3.8) is 0 Å². The Morgan fingerprint density at radius 3 is 2.62 bits per heavy atom. The second-order valence-electron chi connectivity index (χ2n) is 5.05. The van der Waals surface area contributed by atoms with Gasteiger partial charge in [-0.25, -0.2) is 0 Å². The fraction of sp³-hybridized carbons (Fsp3) is 0.923. The molecule has 0 aromatic rings. The lowest BCUT2D eigenvalue weighted by Crippen LogP contribution is -2.30. The lowest BCUT2D eigenvalue weighted by molar-refractivity contribution is 0.317. The lowest BCUT2D eigenvalue weighted by atomic mass is 9.88. The molecular weight excluding hydrogens is 216 g/mol. The van der Waals surface area contributed by atoms with Crippen molar-refractivity contribution in [1.82, 2.24) is 5.32 Å². The number of nitriles is 1. The maximum atomic E-state index is 8.55. The Morgan fingerprint density at radius 2 is 2.00 bits per heavy atom. The number of hydrogen-bond acceptors (Lipinski definition) is 3. The quantitative estimate of drug-likeness (QED) is 0.596. The second kappa shape index (κ2) is 9.99. The molecule has 0 bridgehead atoms. The third-order valence-electron chi connectivity index (χ3n) is 2.72. The number of thioether (sulfide) groups is 1. The first-order valence-electron chi connectivity index (χ1n) is 6.19. The van der Waals surface area contributed by atoms with Gasteiger partial charge in [0, 0.05) is 13.0 Å². The molecule has 2 nitrogen and oxygen atoms in total. The maximum Gasteiger partial charge on any atom is 0.0621 e. The third kappa shape index (κ3) is 10.3. The summed E-state index contributed by atoms with van der Waals surface area (Å²) in [7, 11) is 0. The maximum absolute atomic E-state index is 8.55. The minimum Gasteiger partial charge on any atom is -0.316 e. The predicted octanol–water partition coefficient (Wildman–Crippen LogP) is 3.44. The average Bonchev–Trinajstić information content (AvgIpc) is 2.25. The molecule has 16 heavy (non-hydrogen) atoms. The summed E-state index contributed by atoms with van der Waals surface area (Å²) in [5.74, 6) is 1.29. The van der Waals surface area contributed by atoms with Gasteiger partial charge in [-0.15, -0.1) is 0 Å². The molecule has 0 aromatic heterocycles. The molecule has 0 heterocycles. The van der Waals surface area contributed by atoms with Crippen LogP contribution in [0.3, 0.4) is 0 Å². The first-order chi connectivity index (χ1) is 7.62. The number of nitrogens with one attached hydrogen (secondary N) is 1. The molecule has 0 spiro atoms. The van der Waals surface area contributed by atoms with Gasteiger partial charge in [0.25, 0.3) is 0 Å². The van der Waals surface area contributed by atoms with Crippen molar-refractivity contribution in [2.45, 2.75) is 46.0 Å². The van der Waals surface area contributed by atoms with E-state index >= 15 is 0 Å². The molecule has 3 heteroatoms. The fourth-order valence-corrected chi connectivity index (χ4v) is 2.08. The highest BCUT2D eigenvalue weighted by Gasteiger charge is 2.16. The van der Waals surface area contributed by atoms with Gasteiger partial charge in [-0.3, -0.25) is 0 Å². The van der Waals surface area contributed by atoms with Gasteiger partial charge in [-0.2, -0.15) is 17.0 Å². The molecular formula is C13H26N2S. The van der Waals surface area contributed by atoms with Crippen LogP contribution in [0.1, 0.15) is 46.0 Å². The standard InChI is InChI=1S/C13H26N2S/c1-13(2,8-7-9-14)12-15-10-5-4-6-11-16-3/h15H,4-8,10-12H2,1-3H3. The summed E-state index contributed by atoms with van der Waals surface area (Å²) in [6.07, 6.45) is 7.75. The average molecular weight is 242 g/mol. The van der Waals surface area contributed by atoms with E-state index in [9.17, 15) is 0 Å². The van der Waals surface area contributed by atoms with Crippen LogP contribution in [0.4, 0.5) is 0 Å². The Balaban J connectivity index is 3.33. The van der Waals surface area contributed by atoms with Gasteiger partial charge in [0.05, 0.1) is 6.07 Å². The summed E-state index contributed by atoms with van der Waals surface area (Å²) in [4.78, 5) is 0. The fourth-order valence-electron chi connectivity index (χ4n) is 1.58. The zero-order valence-electron chi connectivity index (χ0n) is 11.0. The van der Waals surface area contributed by atoms with Crippen LogP contribution in [-0.4, -0.2) is 25.1 Å². The molecule has 0 rings (SSSR count). The first kappa shape index (κ1) is 15.8. The van der Waals surface area contributed by atoms with Gasteiger partial charge in [0.1, 0.15) is 0 Å². The van der Waals surface area contributed by atoms with E-state index in [1.54, 1.807) is 0 Å². The molecule has 0 unspecified atom stereocenters. The van der Waals surface area contributed by atoms with E-state index in [4.69, 9.17) is 5.26 Å². The van der Waals surface area contributed by atoms with Gasteiger partial charge in [0.2, 0.25) is 0 Å². The summed E-state index contributed by atoms with van der Waals surface area (Å²) in [6.45, 7) is 6.59. The second-order valence-corrected chi connectivity index (χ2v) is 6.04. The Bertz CT molecular complexity index is 197. The highest BCUT2D eigenvalue weighted by atomic mass is 32.2. The lowest BCUT2D eigenvalue weighted by Gasteiger charge is -2.23. The highest BCUT2D eigenvalue weighted by Crippen LogP contribution is 2.20. The number of rotatable bonds is 10. The highest BCUT2D eigenvalue weighted by molar-refractivity contribution is 7.98. The zero-order chi connectivity index (χ0) is 12.3. The molecule has 94 valence electrons. The van der Waals surface area contributed by atoms with E-state index in [1.807, 2.05) is 11.8 Å². The smallest absolute Gasteiger partial charge is 0.0621 e. The van der Waals surface area contributed by atoms with Crippen molar-refractivity contribution >= 4 is 11.8 Å². The summed E-state index contributed by atoms with van der Waals surface area (Å²) in [5, 5.41) is 12.0. The van der Waals surface area contributed by atoms with Crippen molar-refractivity contribution in [2.24, 2.45) is 5.41 Å². The molecule has 0 aliphatic rings. The van der Waals surface area contributed by atoms with Crippen LogP contribution in [-0.2, 0) is 0 Å². The van der Waals surface area contributed by atoms with Crippen LogP contribution >= 0.6 is 11.8 Å². The van der Waals surface area contributed by atoms with E-state index in [-0.39, 0.29) is 5.41 Å². The van der Waals surface area contributed by atoms with E-state index in [0.29, 0.717) is 6.42 Å². The van der Waals surface area contributed by atoms with Crippen molar-refractivity contribution in [3.8, 4) is 6.07 Å². The van der Waals surface area contributed by atoms with Crippen LogP contribution < -0.4 is 5.32 Å². The molecule has 0 aliphatic heterocycles. The number of nitrogens with zero attached hydrogens (tertiary/aromatic N) is 1. The van der Waals surface area contributed by atoms with Gasteiger partial charge >= 0.3 is 0 Å². The van der Waals surface area contributed by atoms with Gasteiger partial charge < -0.3 is 5.32 Å². The Morgan fingerprint density at radius 1 is 1.25 bits per heavy atom. The van der Waals surface area contributed by atoms with Gasteiger partial charge in [-0.1, -0.05) is 20.3 Å². The first-order valence-corrected chi connectivity index (χ1v) is 7.58. The SMILES string of the molecule is CSCCCCCNCC(C)(C)CCC#N. The van der Waals surface area contributed by atoms with Gasteiger partial charge in [-0.05, 0) is 43.2 Å². The third-order valence-corrected chi connectivity index (χ3v) is 3.42. The molecule has 0 saturated carbocycles. The molecule has 0 saturated heterocycles. The van der Waals surface area contributed by atoms with Crippen LogP contribution in [0, 0.1) is 16.7 Å². The number of hydrogen-bond donors (Lipinski definition) is 1. The van der Waals surface area contributed by atoms with Crippen LogP contribution in [0.15, 0.2) is 0 Å². The minimum atomic E-state index is 0.259. The summed E-state index contributed by atoms with van der Waals surface area (Å²) in [6, 6.07) is 2.22. The molecule has 1 N–H and O–H groups in total. The molecule has 0 fully saturated rings. The zero-order valence-corrected chi connectivity index (χ0v) is 11.8. The predicted molar refractivity (Wildman–Crippen MR) is 73.7 cm³/mol. The van der Waals surface area contributed by atoms with E-state index in [1.165, 1.54) is 25.0 Å². The minimum absolute atomic E-state index is 0.259. The van der Waals surface area contributed by atoms with Crippen molar-refractivity contribution in [3.05, 3.63) is 0 Å². The van der Waals surface area contributed by atoms with E-state index in [2.05, 4.69) is 31.5 Å². The monoisotopic (exact) mass is 242 g/mol. The van der Waals surface area contributed by atoms with Gasteiger partial charge in [0.15, 0.2) is 0 Å². The normalized spacial score (nSPS) is 11.4. The van der Waals surface area contributed by atoms with Crippen molar-refractivity contribution in [2.75, 3.05) is 25.1 Å². The molecule has 0 aliphatic carbocycles. The van der Waals surface area contributed by atoms with Crippen molar-refractivity contribution < 1.29 is 0 Å². The van der Waals surface area contributed by atoms with E-state index in [0.717, 1.165) is 19.5 Å². The number of unbranched alkanes of at least 4 members (excludes halogenated alkanes) is 2. The van der Waals surface area contributed by atoms with E-state index < -0.39 is 0 Å². The van der Waals surface area contributed by atoms with Crippen molar-refractivity contribution in [1.29, 1.82) is 5.26 Å². The Hall–Kier alpha value is -0.200. The molecule has 0 radical (unpaired) electrons. The summed E-state index contributed by atoms with van der Waals surface area (Å²) < 4.78 is 0. The van der Waals surface area contributed by atoms with Crippen LogP contribution in [0.2, 0.25) is 0 Å². The molecule has 0 aromatic carbocycles. The Kier molecular flexibility index (Phi) is 9.86. The summed E-state index contributed by atoms with van der Waals surface area (Å²) >= 11 is 1.93. The topological polar surface area (TPSA) is 35.8 Å². The molecule has 0 atom stereocenters. The van der Waals surface area contributed by atoms with Crippen LogP contribution in [0.25, 0.3) is 0 Å². The molecule has 0 amide bonds. The summed E-state index contributed by atoms with van der Waals surface area (Å²) in [5.41, 5.74) is 0.259. The van der Waals surface area contributed by atoms with Crippen LogP contribution in [0.5, 0.6) is 0 Å². The Labute approximate surface area is 105 Å².